The molecule has 2 rings (SSSR count). The summed E-state index contributed by atoms with van der Waals surface area (Å²) in [5.41, 5.74) is 1.75. The van der Waals surface area contributed by atoms with Crippen LogP contribution in [-0.2, 0) is 0 Å². The molecule has 0 aliphatic carbocycles. The molecule has 0 fully saturated rings. The predicted molar refractivity (Wildman–Crippen MR) is 93.5 cm³/mol. The van der Waals surface area contributed by atoms with Crippen LogP contribution in [0.25, 0.3) is 0 Å². The van der Waals surface area contributed by atoms with Gasteiger partial charge in [-0.05, 0) is 51.1 Å². The number of nitrogens with one attached hydrogen (secondary N) is 1. The van der Waals surface area contributed by atoms with Gasteiger partial charge >= 0.3 is 5.00 Å². The van der Waals surface area contributed by atoms with E-state index in [1.165, 1.54) is 12.1 Å². The van der Waals surface area contributed by atoms with Crippen LogP contribution >= 0.6 is 11.3 Å². The van der Waals surface area contributed by atoms with E-state index < -0.39 is 4.92 Å². The van der Waals surface area contributed by atoms with E-state index in [2.05, 4.69) is 31.0 Å². The average Bonchev–Trinajstić information content (AvgIpc) is 2.99. The molecule has 0 aliphatic heterocycles. The van der Waals surface area contributed by atoms with Crippen molar-refractivity contribution in [1.82, 2.24) is 0 Å². The third kappa shape index (κ3) is 4.07. The second-order valence-electron chi connectivity index (χ2n) is 5.28. The molecule has 0 saturated heterocycles. The summed E-state index contributed by atoms with van der Waals surface area (Å²) in [4.78, 5) is 24.8. The molecular formula is C16H19N3O3S. The molecular weight excluding hydrogens is 314 g/mol. The number of thiophene rings is 1. The standard InChI is InChI=1S/C16H19N3O3S/c1-4-18(11(2)3)13-7-5-12(6-8-13)17-16(20)14-9-10-15(23-14)19(21)22/h5-11H,4H2,1-3H3,(H,17,20). The van der Waals surface area contributed by atoms with Gasteiger partial charge < -0.3 is 10.2 Å². The predicted octanol–water partition coefficient (Wildman–Crippen LogP) is 4.14. The van der Waals surface area contributed by atoms with Gasteiger partial charge in [0.05, 0.1) is 9.80 Å². The van der Waals surface area contributed by atoms with Gasteiger partial charge in [0.1, 0.15) is 0 Å². The Morgan fingerprint density at radius 3 is 2.39 bits per heavy atom. The number of nitrogens with zero attached hydrogens (tertiary/aromatic N) is 2. The molecule has 0 saturated carbocycles. The van der Waals surface area contributed by atoms with Gasteiger partial charge in [0.15, 0.2) is 0 Å². The van der Waals surface area contributed by atoms with Crippen LogP contribution in [0.3, 0.4) is 0 Å². The van der Waals surface area contributed by atoms with Gasteiger partial charge in [0.25, 0.3) is 5.91 Å². The topological polar surface area (TPSA) is 75.5 Å². The number of carbonyl (C=O) groups excluding carboxylic acids is 1. The number of amides is 1. The molecule has 0 spiro atoms. The van der Waals surface area contributed by atoms with Gasteiger partial charge in [0, 0.05) is 30.0 Å². The molecule has 6 nitrogen and oxygen atoms in total. The minimum atomic E-state index is -0.499. The Morgan fingerprint density at radius 2 is 1.91 bits per heavy atom. The summed E-state index contributed by atoms with van der Waals surface area (Å²) in [5, 5.41) is 13.4. The molecule has 0 atom stereocenters. The minimum Gasteiger partial charge on any atom is -0.369 e. The van der Waals surface area contributed by atoms with Crippen molar-refractivity contribution in [2.24, 2.45) is 0 Å². The smallest absolute Gasteiger partial charge is 0.324 e. The third-order valence-electron chi connectivity index (χ3n) is 3.42. The zero-order valence-electron chi connectivity index (χ0n) is 13.3. The van der Waals surface area contributed by atoms with Gasteiger partial charge in [0.2, 0.25) is 0 Å². The Balaban J connectivity index is 2.08. The average molecular weight is 333 g/mol. The summed E-state index contributed by atoms with van der Waals surface area (Å²) in [7, 11) is 0. The Bertz CT molecular complexity index is 695. The van der Waals surface area contributed by atoms with E-state index in [0.29, 0.717) is 16.6 Å². The normalized spacial score (nSPS) is 10.6. The van der Waals surface area contributed by atoms with Gasteiger partial charge in [-0.1, -0.05) is 11.3 Å². The maximum atomic E-state index is 12.1. The van der Waals surface area contributed by atoms with E-state index >= 15 is 0 Å². The quantitative estimate of drug-likeness (QED) is 0.636. The van der Waals surface area contributed by atoms with Crippen LogP contribution in [0.4, 0.5) is 16.4 Å². The molecule has 1 N–H and O–H groups in total. The highest BCUT2D eigenvalue weighted by molar-refractivity contribution is 7.17. The molecule has 1 aromatic carbocycles. The second kappa shape index (κ2) is 7.23. The van der Waals surface area contributed by atoms with Gasteiger partial charge in [-0.2, -0.15) is 0 Å². The first-order valence-electron chi connectivity index (χ1n) is 7.34. The van der Waals surface area contributed by atoms with Crippen molar-refractivity contribution in [2.45, 2.75) is 26.8 Å². The molecule has 1 heterocycles. The van der Waals surface area contributed by atoms with E-state index in [4.69, 9.17) is 0 Å². The summed E-state index contributed by atoms with van der Waals surface area (Å²) in [6.07, 6.45) is 0. The molecule has 0 radical (unpaired) electrons. The van der Waals surface area contributed by atoms with Crippen molar-refractivity contribution in [3.8, 4) is 0 Å². The maximum Gasteiger partial charge on any atom is 0.324 e. The van der Waals surface area contributed by atoms with Crippen molar-refractivity contribution in [3.05, 3.63) is 51.4 Å². The number of nitro groups is 1. The lowest BCUT2D eigenvalue weighted by molar-refractivity contribution is -0.380. The van der Waals surface area contributed by atoms with Gasteiger partial charge in [-0.15, -0.1) is 0 Å². The highest BCUT2D eigenvalue weighted by atomic mass is 32.1. The zero-order valence-corrected chi connectivity index (χ0v) is 14.1. The highest BCUT2D eigenvalue weighted by Crippen LogP contribution is 2.25. The number of rotatable bonds is 6. The van der Waals surface area contributed by atoms with Crippen molar-refractivity contribution in [1.29, 1.82) is 0 Å². The number of hydrogen-bond donors (Lipinski definition) is 1. The SMILES string of the molecule is CCN(c1ccc(NC(=O)c2ccc([N+](=O)[O-])s2)cc1)C(C)C. The number of anilines is 2. The second-order valence-corrected chi connectivity index (χ2v) is 6.34. The molecule has 2 aromatic rings. The summed E-state index contributed by atoms with van der Waals surface area (Å²) < 4.78 is 0. The van der Waals surface area contributed by atoms with Gasteiger partial charge in [-0.25, -0.2) is 0 Å². The fourth-order valence-electron chi connectivity index (χ4n) is 2.32. The lowest BCUT2D eigenvalue weighted by Gasteiger charge is -2.27. The van der Waals surface area contributed by atoms with Crippen LogP contribution in [0.15, 0.2) is 36.4 Å². The summed E-state index contributed by atoms with van der Waals surface area (Å²) in [6, 6.07) is 10.8. The monoisotopic (exact) mass is 333 g/mol. The molecule has 0 aliphatic rings. The van der Waals surface area contributed by atoms with Crippen molar-refractivity contribution in [2.75, 3.05) is 16.8 Å². The van der Waals surface area contributed by atoms with Crippen LogP contribution in [0.2, 0.25) is 0 Å². The fourth-order valence-corrected chi connectivity index (χ4v) is 3.04. The molecule has 7 heteroatoms. The van der Waals surface area contributed by atoms with Gasteiger partial charge in [-0.3, -0.25) is 14.9 Å². The Labute approximate surface area is 138 Å². The van der Waals surface area contributed by atoms with Crippen molar-refractivity contribution >= 4 is 33.6 Å². The first kappa shape index (κ1) is 17.0. The van der Waals surface area contributed by atoms with E-state index in [1.807, 2.05) is 24.3 Å². The zero-order chi connectivity index (χ0) is 17.0. The van der Waals surface area contributed by atoms with Crippen molar-refractivity contribution in [3.63, 3.8) is 0 Å². The molecule has 1 aromatic heterocycles. The number of benzene rings is 1. The summed E-state index contributed by atoms with van der Waals surface area (Å²) >= 11 is 0.865. The van der Waals surface area contributed by atoms with Crippen LogP contribution < -0.4 is 10.2 Å². The molecule has 122 valence electrons. The Morgan fingerprint density at radius 1 is 1.26 bits per heavy atom. The fraction of sp³-hybridized carbons (Fsp3) is 0.312. The first-order chi connectivity index (χ1) is 10.9. The van der Waals surface area contributed by atoms with E-state index in [0.717, 1.165) is 23.6 Å². The Hall–Kier alpha value is -2.41. The number of hydrogen-bond acceptors (Lipinski definition) is 5. The lowest BCUT2D eigenvalue weighted by atomic mass is 10.2. The van der Waals surface area contributed by atoms with Crippen molar-refractivity contribution < 1.29 is 9.72 Å². The number of carbonyl (C=O) groups is 1. The van der Waals surface area contributed by atoms with E-state index in [9.17, 15) is 14.9 Å². The van der Waals surface area contributed by atoms with E-state index in [1.54, 1.807) is 0 Å². The largest absolute Gasteiger partial charge is 0.369 e. The summed E-state index contributed by atoms with van der Waals surface area (Å²) in [6.45, 7) is 7.26. The molecule has 0 unspecified atom stereocenters. The molecule has 0 bridgehead atoms. The minimum absolute atomic E-state index is 0.0407. The maximum absolute atomic E-state index is 12.1. The molecule has 1 amide bonds. The van der Waals surface area contributed by atoms with Crippen LogP contribution in [0.1, 0.15) is 30.4 Å². The highest BCUT2D eigenvalue weighted by Gasteiger charge is 2.15. The van der Waals surface area contributed by atoms with E-state index in [-0.39, 0.29) is 10.9 Å². The van der Waals surface area contributed by atoms with Crippen LogP contribution in [0, 0.1) is 10.1 Å². The van der Waals surface area contributed by atoms with Crippen LogP contribution in [-0.4, -0.2) is 23.4 Å². The first-order valence-corrected chi connectivity index (χ1v) is 8.16. The third-order valence-corrected chi connectivity index (χ3v) is 4.45. The lowest BCUT2D eigenvalue weighted by Crippen LogP contribution is -2.30. The van der Waals surface area contributed by atoms with Crippen LogP contribution in [0.5, 0.6) is 0 Å². The Kier molecular flexibility index (Phi) is 5.33. The summed E-state index contributed by atoms with van der Waals surface area (Å²) in [5.74, 6) is -0.341. The molecule has 23 heavy (non-hydrogen) atoms.